The minimum Gasteiger partial charge on any atom is -0.381 e. The van der Waals surface area contributed by atoms with E-state index >= 15 is 0 Å². The summed E-state index contributed by atoms with van der Waals surface area (Å²) >= 11 is 0. The van der Waals surface area contributed by atoms with Crippen molar-refractivity contribution in [3.05, 3.63) is 0 Å². The predicted molar refractivity (Wildman–Crippen MR) is 95.3 cm³/mol. The van der Waals surface area contributed by atoms with Crippen LogP contribution in [0.5, 0.6) is 0 Å². The maximum Gasteiger partial charge on any atom is 0.500 e. The topological polar surface area (TPSA) is 58.7 Å². The van der Waals surface area contributed by atoms with E-state index in [1.807, 2.05) is 0 Å². The molecule has 0 aromatic carbocycles. The highest BCUT2D eigenvalue weighted by Gasteiger charge is 2.36. The fraction of sp³-hybridized carbons (Fsp3) is 1.00. The summed E-state index contributed by atoms with van der Waals surface area (Å²) in [6.45, 7) is 4.03. The first-order chi connectivity index (χ1) is 11.8. The van der Waals surface area contributed by atoms with Crippen molar-refractivity contribution < 1.29 is 27.5 Å². The number of epoxide rings is 1. The lowest BCUT2D eigenvalue weighted by molar-refractivity contribution is 0.0742. The first-order valence-electron chi connectivity index (χ1n) is 9.19. The van der Waals surface area contributed by atoms with Crippen LogP contribution in [0.2, 0.25) is 6.04 Å². The van der Waals surface area contributed by atoms with Crippen LogP contribution >= 0.6 is 0 Å². The van der Waals surface area contributed by atoms with E-state index in [0.29, 0.717) is 6.10 Å². The zero-order chi connectivity index (χ0) is 17.5. The van der Waals surface area contributed by atoms with Gasteiger partial charge in [-0.3, -0.25) is 0 Å². The van der Waals surface area contributed by atoms with Crippen molar-refractivity contribution in [2.75, 3.05) is 54.4 Å². The van der Waals surface area contributed by atoms with E-state index in [2.05, 4.69) is 0 Å². The molecule has 0 aliphatic carbocycles. The summed E-state index contributed by atoms with van der Waals surface area (Å²) in [5, 5.41) is 0. The lowest BCUT2D eigenvalue weighted by atomic mass is 10.1. The lowest BCUT2D eigenvalue weighted by Crippen LogP contribution is -2.42. The second-order valence-electron chi connectivity index (χ2n) is 6.16. The van der Waals surface area contributed by atoms with Crippen LogP contribution in [0.4, 0.5) is 0 Å². The van der Waals surface area contributed by atoms with Crippen molar-refractivity contribution in [2.24, 2.45) is 0 Å². The summed E-state index contributed by atoms with van der Waals surface area (Å²) in [7, 11) is 2.66. The van der Waals surface area contributed by atoms with E-state index < -0.39 is 8.80 Å². The lowest BCUT2D eigenvalue weighted by Gasteiger charge is -2.24. The Hall–Kier alpha value is -0.0231. The largest absolute Gasteiger partial charge is 0.500 e. The molecule has 0 N–H and O–H groups in total. The molecule has 1 heterocycles. The van der Waals surface area contributed by atoms with Crippen LogP contribution in [-0.4, -0.2) is 69.3 Å². The smallest absolute Gasteiger partial charge is 0.381 e. The van der Waals surface area contributed by atoms with Crippen molar-refractivity contribution >= 4 is 8.80 Å². The molecule has 144 valence electrons. The number of hydrogen-bond acceptors (Lipinski definition) is 6. The van der Waals surface area contributed by atoms with Crippen LogP contribution in [0, 0.1) is 0 Å². The van der Waals surface area contributed by atoms with Gasteiger partial charge in [-0.1, -0.05) is 25.7 Å². The molecule has 6 nitrogen and oxygen atoms in total. The average molecular weight is 365 g/mol. The fourth-order valence-electron chi connectivity index (χ4n) is 2.55. The van der Waals surface area contributed by atoms with Gasteiger partial charge in [0.1, 0.15) is 6.10 Å². The molecule has 0 aromatic heterocycles. The van der Waals surface area contributed by atoms with Crippen LogP contribution in [0.1, 0.15) is 44.9 Å². The number of ether oxygens (including phenoxy) is 3. The van der Waals surface area contributed by atoms with Crippen molar-refractivity contribution in [2.45, 2.75) is 57.1 Å². The Kier molecular flexibility index (Phi) is 13.0. The second kappa shape index (κ2) is 14.2. The zero-order valence-electron chi connectivity index (χ0n) is 15.7. The molecule has 0 saturated carbocycles. The maximum absolute atomic E-state index is 5.62. The summed E-state index contributed by atoms with van der Waals surface area (Å²) in [5.74, 6) is 0. The van der Waals surface area contributed by atoms with E-state index in [1.165, 1.54) is 25.7 Å². The molecule has 1 aliphatic rings. The molecule has 7 heteroatoms. The molecular formula is C17H36O6Si. The van der Waals surface area contributed by atoms with Gasteiger partial charge in [0, 0.05) is 47.2 Å². The standard InChI is InChI=1S/C17H36O6Si/c1-18-24(19-2,20-3)14-9-7-5-4-6-8-11-21-12-10-13-22-15-17-16-23-17/h17H,4-16H2,1-3H3. The van der Waals surface area contributed by atoms with E-state index in [9.17, 15) is 0 Å². The Morgan fingerprint density at radius 2 is 1.29 bits per heavy atom. The van der Waals surface area contributed by atoms with Gasteiger partial charge >= 0.3 is 8.80 Å². The normalized spacial score (nSPS) is 17.4. The average Bonchev–Trinajstić information content (AvgIpc) is 3.43. The first-order valence-corrected chi connectivity index (χ1v) is 11.1. The van der Waals surface area contributed by atoms with Crippen LogP contribution in [0.15, 0.2) is 0 Å². The second-order valence-corrected chi connectivity index (χ2v) is 9.25. The van der Waals surface area contributed by atoms with Crippen molar-refractivity contribution in [1.29, 1.82) is 0 Å². The highest BCUT2D eigenvalue weighted by atomic mass is 28.4. The van der Waals surface area contributed by atoms with Gasteiger partial charge in [-0.25, -0.2) is 0 Å². The van der Waals surface area contributed by atoms with E-state index in [0.717, 1.165) is 58.3 Å². The fourth-order valence-corrected chi connectivity index (χ4v) is 4.35. The van der Waals surface area contributed by atoms with Crippen LogP contribution in [0.3, 0.4) is 0 Å². The molecule has 0 amide bonds. The highest BCUT2D eigenvalue weighted by Crippen LogP contribution is 2.18. The van der Waals surface area contributed by atoms with Gasteiger partial charge in [0.2, 0.25) is 0 Å². The monoisotopic (exact) mass is 364 g/mol. The Balaban J connectivity index is 1.75. The van der Waals surface area contributed by atoms with Gasteiger partial charge in [-0.15, -0.1) is 0 Å². The Bertz CT molecular complexity index is 276. The summed E-state index contributed by atoms with van der Waals surface area (Å²) in [5.41, 5.74) is 0. The third kappa shape index (κ3) is 10.8. The number of hydrogen-bond donors (Lipinski definition) is 0. The van der Waals surface area contributed by atoms with Crippen molar-refractivity contribution in [1.82, 2.24) is 0 Å². The quantitative estimate of drug-likeness (QED) is 0.212. The molecule has 1 unspecified atom stereocenters. The molecule has 0 aromatic rings. The molecule has 1 rings (SSSR count). The SMILES string of the molecule is CO[Si](CCCCCCCCOCCCOCC1CO1)(OC)OC. The van der Waals surface area contributed by atoms with Gasteiger partial charge in [-0.2, -0.15) is 0 Å². The molecule has 0 radical (unpaired) electrons. The first kappa shape index (κ1) is 22.0. The van der Waals surface area contributed by atoms with Crippen molar-refractivity contribution in [3.8, 4) is 0 Å². The summed E-state index contributed by atoms with van der Waals surface area (Å²) in [6, 6.07) is 0.897. The molecule has 1 atom stereocenters. The third-order valence-corrected chi connectivity index (χ3v) is 7.07. The summed E-state index contributed by atoms with van der Waals surface area (Å²) in [6.07, 6.45) is 8.52. The van der Waals surface area contributed by atoms with Crippen LogP contribution in [0.25, 0.3) is 0 Å². The van der Waals surface area contributed by atoms with Crippen molar-refractivity contribution in [3.63, 3.8) is 0 Å². The molecule has 1 aliphatic heterocycles. The Morgan fingerprint density at radius 1 is 0.750 bits per heavy atom. The van der Waals surface area contributed by atoms with E-state index in [-0.39, 0.29) is 0 Å². The van der Waals surface area contributed by atoms with E-state index in [1.54, 1.807) is 21.3 Å². The van der Waals surface area contributed by atoms with Crippen LogP contribution < -0.4 is 0 Å². The van der Waals surface area contributed by atoms with Gasteiger partial charge < -0.3 is 27.5 Å². The maximum atomic E-state index is 5.62. The van der Waals surface area contributed by atoms with Gasteiger partial charge in [-0.05, 0) is 19.3 Å². The van der Waals surface area contributed by atoms with Crippen LogP contribution in [-0.2, 0) is 27.5 Å². The Labute approximate surface area is 148 Å². The molecule has 24 heavy (non-hydrogen) atoms. The summed E-state index contributed by atoms with van der Waals surface area (Å²) < 4.78 is 32.4. The minimum atomic E-state index is -2.36. The third-order valence-electron chi connectivity index (χ3n) is 4.24. The highest BCUT2D eigenvalue weighted by molar-refractivity contribution is 6.60. The number of unbranched alkanes of at least 4 members (excludes halogenated alkanes) is 5. The molecular weight excluding hydrogens is 328 g/mol. The summed E-state index contributed by atoms with van der Waals surface area (Å²) in [4.78, 5) is 0. The van der Waals surface area contributed by atoms with Gasteiger partial charge in [0.25, 0.3) is 0 Å². The van der Waals surface area contributed by atoms with Gasteiger partial charge in [0.15, 0.2) is 0 Å². The molecule has 0 spiro atoms. The molecule has 0 bridgehead atoms. The molecule has 1 fully saturated rings. The van der Waals surface area contributed by atoms with E-state index in [4.69, 9.17) is 27.5 Å². The Morgan fingerprint density at radius 3 is 1.92 bits per heavy atom. The number of rotatable bonds is 18. The van der Waals surface area contributed by atoms with Gasteiger partial charge in [0.05, 0.1) is 13.2 Å². The predicted octanol–water partition coefficient (Wildman–Crippen LogP) is 3.03. The zero-order valence-corrected chi connectivity index (χ0v) is 16.7. The molecule has 1 saturated heterocycles. The minimum absolute atomic E-state index is 0.364.